The van der Waals surface area contributed by atoms with Crippen molar-refractivity contribution < 1.29 is 9.36 Å². The van der Waals surface area contributed by atoms with Gasteiger partial charge >= 0.3 is 0 Å². The zero-order valence-electron chi connectivity index (χ0n) is 13.5. The molecule has 0 fully saturated rings. The minimum atomic E-state index is -0.0320. The number of pyridine rings is 1. The first-order chi connectivity index (χ1) is 11.7. The quantitative estimate of drug-likeness (QED) is 0.713. The van der Waals surface area contributed by atoms with Gasteiger partial charge in [0.1, 0.15) is 0 Å². The SMILES string of the molecule is Cc1cccc[n+]1CC(=O)Nc1ccccc1Sc1ccccc1. The van der Waals surface area contributed by atoms with E-state index in [0.717, 1.165) is 21.2 Å². The summed E-state index contributed by atoms with van der Waals surface area (Å²) in [7, 11) is 0. The molecular formula is C20H19N2OS+. The number of hydrogen-bond donors (Lipinski definition) is 1. The Morgan fingerprint density at radius 1 is 0.958 bits per heavy atom. The molecule has 1 amide bonds. The number of rotatable bonds is 5. The van der Waals surface area contributed by atoms with Crippen LogP contribution in [0.4, 0.5) is 5.69 Å². The van der Waals surface area contributed by atoms with Crippen LogP contribution in [-0.2, 0) is 11.3 Å². The Labute approximate surface area is 146 Å². The molecule has 1 aromatic heterocycles. The van der Waals surface area contributed by atoms with E-state index in [1.807, 2.05) is 78.4 Å². The molecule has 3 nitrogen and oxygen atoms in total. The van der Waals surface area contributed by atoms with E-state index in [9.17, 15) is 4.79 Å². The number of anilines is 1. The highest BCUT2D eigenvalue weighted by Gasteiger charge is 2.13. The smallest absolute Gasteiger partial charge is 0.290 e. The van der Waals surface area contributed by atoms with Crippen LogP contribution in [-0.4, -0.2) is 5.91 Å². The van der Waals surface area contributed by atoms with Crippen molar-refractivity contribution in [3.8, 4) is 0 Å². The third-order valence-electron chi connectivity index (χ3n) is 3.61. The van der Waals surface area contributed by atoms with Gasteiger partial charge in [0.2, 0.25) is 6.54 Å². The number of nitrogens with one attached hydrogen (secondary N) is 1. The molecule has 0 atom stereocenters. The van der Waals surface area contributed by atoms with Crippen LogP contribution in [0.3, 0.4) is 0 Å². The lowest BCUT2D eigenvalue weighted by atomic mass is 10.3. The van der Waals surface area contributed by atoms with Gasteiger partial charge in [0, 0.05) is 28.8 Å². The number of carbonyl (C=O) groups excluding carboxylic acids is 1. The Morgan fingerprint density at radius 3 is 2.46 bits per heavy atom. The molecule has 24 heavy (non-hydrogen) atoms. The number of aryl methyl sites for hydroxylation is 1. The van der Waals surface area contributed by atoms with Gasteiger partial charge < -0.3 is 5.32 Å². The van der Waals surface area contributed by atoms with Gasteiger partial charge in [-0.2, -0.15) is 4.57 Å². The summed E-state index contributed by atoms with van der Waals surface area (Å²) >= 11 is 1.64. The normalized spacial score (nSPS) is 10.4. The van der Waals surface area contributed by atoms with Gasteiger partial charge in [0.15, 0.2) is 11.9 Å². The molecule has 0 aliphatic heterocycles. The third-order valence-corrected chi connectivity index (χ3v) is 4.70. The molecule has 0 aliphatic carbocycles. The molecule has 120 valence electrons. The number of nitrogens with zero attached hydrogens (tertiary/aromatic N) is 1. The molecule has 0 spiro atoms. The van der Waals surface area contributed by atoms with E-state index < -0.39 is 0 Å². The number of para-hydroxylation sites is 1. The molecule has 2 aromatic carbocycles. The number of hydrogen-bond acceptors (Lipinski definition) is 2. The molecule has 0 bridgehead atoms. The van der Waals surface area contributed by atoms with Crippen molar-refractivity contribution in [3.05, 3.63) is 84.7 Å². The third kappa shape index (κ3) is 4.24. The monoisotopic (exact) mass is 335 g/mol. The molecule has 3 aromatic rings. The number of aromatic nitrogens is 1. The molecule has 0 radical (unpaired) electrons. The van der Waals surface area contributed by atoms with E-state index >= 15 is 0 Å². The van der Waals surface area contributed by atoms with Crippen molar-refractivity contribution in [1.29, 1.82) is 0 Å². The highest BCUT2D eigenvalue weighted by molar-refractivity contribution is 7.99. The zero-order valence-corrected chi connectivity index (χ0v) is 14.3. The van der Waals surface area contributed by atoms with E-state index in [1.54, 1.807) is 11.8 Å². The Morgan fingerprint density at radius 2 is 1.67 bits per heavy atom. The molecule has 1 N–H and O–H groups in total. The second-order valence-electron chi connectivity index (χ2n) is 5.43. The lowest BCUT2D eigenvalue weighted by Crippen LogP contribution is -2.42. The lowest BCUT2D eigenvalue weighted by Gasteiger charge is -2.10. The van der Waals surface area contributed by atoms with Crippen LogP contribution in [0.25, 0.3) is 0 Å². The van der Waals surface area contributed by atoms with Crippen LogP contribution in [0.5, 0.6) is 0 Å². The molecule has 1 heterocycles. The van der Waals surface area contributed by atoms with Crippen molar-refractivity contribution >= 4 is 23.4 Å². The fraction of sp³-hybridized carbons (Fsp3) is 0.100. The minimum absolute atomic E-state index is 0.0320. The maximum atomic E-state index is 12.4. The van der Waals surface area contributed by atoms with Gasteiger partial charge in [-0.05, 0) is 24.3 Å². The summed E-state index contributed by atoms with van der Waals surface area (Å²) in [6, 6.07) is 23.9. The van der Waals surface area contributed by atoms with E-state index in [1.165, 1.54) is 0 Å². The maximum Gasteiger partial charge on any atom is 0.290 e. The predicted molar refractivity (Wildman–Crippen MR) is 97.0 cm³/mol. The molecule has 0 saturated heterocycles. The van der Waals surface area contributed by atoms with Gasteiger partial charge in [-0.15, -0.1) is 0 Å². The first-order valence-electron chi connectivity index (χ1n) is 7.79. The summed E-state index contributed by atoms with van der Waals surface area (Å²) in [5.74, 6) is -0.0320. The van der Waals surface area contributed by atoms with Crippen molar-refractivity contribution in [2.75, 3.05) is 5.32 Å². The summed E-state index contributed by atoms with van der Waals surface area (Å²) in [6.45, 7) is 2.30. The molecule has 0 unspecified atom stereocenters. The summed E-state index contributed by atoms with van der Waals surface area (Å²) in [6.07, 6.45) is 1.92. The van der Waals surface area contributed by atoms with Crippen LogP contribution in [0, 0.1) is 6.92 Å². The number of carbonyl (C=O) groups is 1. The molecular weight excluding hydrogens is 316 g/mol. The molecule has 4 heteroatoms. The largest absolute Gasteiger partial charge is 0.320 e. The fourth-order valence-electron chi connectivity index (χ4n) is 2.36. The second kappa shape index (κ2) is 7.79. The van der Waals surface area contributed by atoms with Crippen molar-refractivity contribution in [3.63, 3.8) is 0 Å². The Balaban J connectivity index is 1.73. The second-order valence-corrected chi connectivity index (χ2v) is 6.54. The van der Waals surface area contributed by atoms with Crippen LogP contribution in [0.1, 0.15) is 5.69 Å². The first-order valence-corrected chi connectivity index (χ1v) is 8.61. The van der Waals surface area contributed by atoms with Gasteiger partial charge in [0.05, 0.1) is 5.69 Å². The molecule has 0 aliphatic rings. The highest BCUT2D eigenvalue weighted by Crippen LogP contribution is 2.33. The number of benzene rings is 2. The standard InChI is InChI=1S/C20H18N2OS/c1-16-9-7-8-14-22(16)15-20(23)21-18-12-5-6-13-19(18)24-17-10-3-2-4-11-17/h2-14H,15H2,1H3/p+1. The van der Waals surface area contributed by atoms with Crippen molar-refractivity contribution in [1.82, 2.24) is 0 Å². The van der Waals surface area contributed by atoms with E-state index in [-0.39, 0.29) is 5.91 Å². The average molecular weight is 335 g/mol. The van der Waals surface area contributed by atoms with Crippen molar-refractivity contribution in [2.45, 2.75) is 23.3 Å². The topological polar surface area (TPSA) is 33.0 Å². The van der Waals surface area contributed by atoms with E-state index in [0.29, 0.717) is 6.54 Å². The van der Waals surface area contributed by atoms with Gasteiger partial charge in [-0.3, -0.25) is 4.79 Å². The van der Waals surface area contributed by atoms with E-state index in [2.05, 4.69) is 17.4 Å². The summed E-state index contributed by atoms with van der Waals surface area (Å²) in [4.78, 5) is 14.6. The van der Waals surface area contributed by atoms with Crippen LogP contribution in [0.15, 0.2) is 88.8 Å². The Bertz CT molecular complexity index is 834. The van der Waals surface area contributed by atoms with Gasteiger partial charge in [-0.1, -0.05) is 48.2 Å². The first kappa shape index (κ1) is 16.3. The van der Waals surface area contributed by atoms with Crippen LogP contribution >= 0.6 is 11.8 Å². The van der Waals surface area contributed by atoms with E-state index in [4.69, 9.17) is 0 Å². The van der Waals surface area contributed by atoms with Crippen molar-refractivity contribution in [2.24, 2.45) is 0 Å². The molecule has 0 saturated carbocycles. The minimum Gasteiger partial charge on any atom is -0.320 e. The lowest BCUT2D eigenvalue weighted by molar-refractivity contribution is -0.690. The Kier molecular flexibility index (Phi) is 5.29. The maximum absolute atomic E-state index is 12.4. The molecule has 3 rings (SSSR count). The summed E-state index contributed by atoms with van der Waals surface area (Å²) < 4.78 is 1.93. The van der Waals surface area contributed by atoms with Gasteiger partial charge in [0.25, 0.3) is 5.91 Å². The number of amides is 1. The van der Waals surface area contributed by atoms with Crippen LogP contribution < -0.4 is 9.88 Å². The predicted octanol–water partition coefficient (Wildman–Crippen LogP) is 4.07. The zero-order chi connectivity index (χ0) is 16.8. The van der Waals surface area contributed by atoms with Crippen LogP contribution in [0.2, 0.25) is 0 Å². The Hall–Kier alpha value is -2.59. The average Bonchev–Trinajstić information content (AvgIpc) is 2.60. The van der Waals surface area contributed by atoms with Gasteiger partial charge in [-0.25, -0.2) is 0 Å². The highest BCUT2D eigenvalue weighted by atomic mass is 32.2. The summed E-state index contributed by atoms with van der Waals surface area (Å²) in [5, 5.41) is 3.03. The summed E-state index contributed by atoms with van der Waals surface area (Å²) in [5.41, 5.74) is 1.89. The fourth-order valence-corrected chi connectivity index (χ4v) is 3.28.